The molecular formula is C21H23N5O3S. The minimum Gasteiger partial charge on any atom is -0.366 e. The summed E-state index contributed by atoms with van der Waals surface area (Å²) in [5.41, 5.74) is 8.15. The molecule has 156 valence electrons. The molecule has 9 heteroatoms. The van der Waals surface area contributed by atoms with Gasteiger partial charge in [-0.05, 0) is 37.1 Å². The van der Waals surface area contributed by atoms with Crippen molar-refractivity contribution in [1.82, 2.24) is 18.8 Å². The van der Waals surface area contributed by atoms with Crippen molar-refractivity contribution in [3.63, 3.8) is 0 Å². The van der Waals surface area contributed by atoms with Crippen molar-refractivity contribution in [1.29, 1.82) is 0 Å². The number of amides is 1. The molecule has 0 saturated carbocycles. The van der Waals surface area contributed by atoms with E-state index in [1.165, 1.54) is 16.8 Å². The summed E-state index contributed by atoms with van der Waals surface area (Å²) in [5, 5.41) is 0.0654. The third-order valence-electron chi connectivity index (χ3n) is 5.30. The first-order valence-electron chi connectivity index (χ1n) is 9.70. The number of aryl methyl sites for hydroxylation is 1. The van der Waals surface area contributed by atoms with Crippen molar-refractivity contribution in [3.05, 3.63) is 66.2 Å². The fourth-order valence-electron chi connectivity index (χ4n) is 3.73. The van der Waals surface area contributed by atoms with Crippen LogP contribution in [0.1, 0.15) is 34.8 Å². The summed E-state index contributed by atoms with van der Waals surface area (Å²) in [6, 6.07) is 12.7. The molecule has 1 aromatic carbocycles. The van der Waals surface area contributed by atoms with Crippen molar-refractivity contribution in [2.24, 2.45) is 12.8 Å². The van der Waals surface area contributed by atoms with Crippen LogP contribution < -0.4 is 5.73 Å². The summed E-state index contributed by atoms with van der Waals surface area (Å²) in [6.07, 6.45) is 4.61. The lowest BCUT2D eigenvalue weighted by atomic mass is 9.95. The standard InChI is InChI=1S/C21H23N5O3S/c1-25-13-20(23-14-25)30(28,29)26-10-4-7-17(12-26)19-9-3-8-18(24-19)15-5-2-6-16(11-15)21(22)27/h2-3,5-6,8-9,11,13-14,17H,4,7,10,12H2,1H3,(H2,22,27). The lowest BCUT2D eigenvalue weighted by Crippen LogP contribution is -2.39. The maximum Gasteiger partial charge on any atom is 0.262 e. The highest BCUT2D eigenvalue weighted by Gasteiger charge is 2.32. The zero-order valence-corrected chi connectivity index (χ0v) is 17.4. The van der Waals surface area contributed by atoms with Crippen molar-refractivity contribution >= 4 is 15.9 Å². The normalized spacial score (nSPS) is 17.7. The maximum absolute atomic E-state index is 13.0. The van der Waals surface area contributed by atoms with Crippen LogP contribution >= 0.6 is 0 Å². The predicted molar refractivity (Wildman–Crippen MR) is 112 cm³/mol. The predicted octanol–water partition coefficient (Wildman–Crippen LogP) is 2.15. The summed E-state index contributed by atoms with van der Waals surface area (Å²) in [7, 11) is -1.89. The van der Waals surface area contributed by atoms with Gasteiger partial charge in [0.15, 0.2) is 5.03 Å². The van der Waals surface area contributed by atoms with Crippen molar-refractivity contribution in [3.8, 4) is 11.3 Å². The van der Waals surface area contributed by atoms with Crippen molar-refractivity contribution < 1.29 is 13.2 Å². The van der Waals surface area contributed by atoms with E-state index in [-0.39, 0.29) is 10.9 Å². The minimum atomic E-state index is -3.64. The number of sulfonamides is 1. The zero-order valence-electron chi connectivity index (χ0n) is 16.6. The molecule has 1 fully saturated rings. The monoisotopic (exact) mass is 425 g/mol. The van der Waals surface area contributed by atoms with Crippen LogP contribution in [0.4, 0.5) is 0 Å². The van der Waals surface area contributed by atoms with Crippen LogP contribution in [-0.4, -0.2) is 46.3 Å². The summed E-state index contributed by atoms with van der Waals surface area (Å²) in [6.45, 7) is 0.826. The van der Waals surface area contributed by atoms with Crippen LogP contribution in [0.3, 0.4) is 0 Å². The molecule has 0 radical (unpaired) electrons. The molecule has 4 rings (SSSR count). The molecule has 1 atom stereocenters. The van der Waals surface area contributed by atoms with Gasteiger partial charge in [-0.2, -0.15) is 4.31 Å². The van der Waals surface area contributed by atoms with Gasteiger partial charge in [0, 0.05) is 49.1 Å². The lowest BCUT2D eigenvalue weighted by molar-refractivity contribution is 0.100. The highest BCUT2D eigenvalue weighted by atomic mass is 32.2. The number of pyridine rings is 1. The molecule has 0 spiro atoms. The summed E-state index contributed by atoms with van der Waals surface area (Å²) < 4.78 is 29.0. The number of benzene rings is 1. The van der Waals surface area contributed by atoms with Crippen molar-refractivity contribution in [2.45, 2.75) is 23.8 Å². The second-order valence-corrected chi connectivity index (χ2v) is 9.36. The molecule has 2 aromatic heterocycles. The van der Waals surface area contributed by atoms with Gasteiger partial charge in [-0.15, -0.1) is 0 Å². The molecule has 3 aromatic rings. The number of nitrogens with two attached hydrogens (primary N) is 1. The topological polar surface area (TPSA) is 111 Å². The Bertz CT molecular complexity index is 1190. The lowest BCUT2D eigenvalue weighted by Gasteiger charge is -2.31. The molecule has 0 aliphatic carbocycles. The number of piperidine rings is 1. The quantitative estimate of drug-likeness (QED) is 0.673. The van der Waals surface area contributed by atoms with E-state index in [0.717, 1.165) is 29.8 Å². The van der Waals surface area contributed by atoms with E-state index in [2.05, 4.69) is 4.98 Å². The van der Waals surface area contributed by atoms with E-state index < -0.39 is 15.9 Å². The summed E-state index contributed by atoms with van der Waals surface area (Å²) >= 11 is 0. The van der Waals surface area contributed by atoms with Gasteiger partial charge in [0.05, 0.1) is 12.0 Å². The van der Waals surface area contributed by atoms with E-state index in [9.17, 15) is 13.2 Å². The molecule has 1 saturated heterocycles. The number of primary amides is 1. The molecule has 1 aliphatic rings. The average molecular weight is 426 g/mol. The first-order chi connectivity index (χ1) is 14.3. The minimum absolute atomic E-state index is 0.0171. The third-order valence-corrected chi connectivity index (χ3v) is 7.05. The number of imidazole rings is 1. The number of aromatic nitrogens is 3. The third kappa shape index (κ3) is 3.99. The molecule has 1 amide bonds. The van der Waals surface area contributed by atoms with Crippen LogP contribution in [0, 0.1) is 0 Å². The number of hydrogen-bond donors (Lipinski definition) is 1. The van der Waals surface area contributed by atoms with Gasteiger partial charge in [0.2, 0.25) is 5.91 Å². The molecule has 3 heterocycles. The molecule has 8 nitrogen and oxygen atoms in total. The van der Waals surface area contributed by atoms with Crippen LogP contribution in [0.5, 0.6) is 0 Å². The fourth-order valence-corrected chi connectivity index (χ4v) is 5.22. The Balaban J connectivity index is 1.59. The van der Waals surface area contributed by atoms with Crippen LogP contribution in [0.2, 0.25) is 0 Å². The molecular weight excluding hydrogens is 402 g/mol. The van der Waals surface area contributed by atoms with Crippen molar-refractivity contribution in [2.75, 3.05) is 13.1 Å². The molecule has 0 bridgehead atoms. The first kappa shape index (κ1) is 20.2. The van der Waals surface area contributed by atoms with Gasteiger partial charge in [0.25, 0.3) is 10.0 Å². The smallest absolute Gasteiger partial charge is 0.262 e. The zero-order chi connectivity index (χ0) is 21.3. The average Bonchev–Trinajstić information content (AvgIpc) is 3.21. The van der Waals surface area contributed by atoms with E-state index in [0.29, 0.717) is 18.7 Å². The Labute approximate surface area is 175 Å². The summed E-state index contributed by atoms with van der Waals surface area (Å²) in [5.74, 6) is -0.507. The highest BCUT2D eigenvalue weighted by molar-refractivity contribution is 7.89. The second-order valence-electron chi connectivity index (χ2n) is 7.47. The second kappa shape index (κ2) is 8.00. The largest absolute Gasteiger partial charge is 0.366 e. The molecule has 30 heavy (non-hydrogen) atoms. The molecule has 1 unspecified atom stereocenters. The Hall–Kier alpha value is -3.04. The van der Waals surface area contributed by atoms with Gasteiger partial charge in [-0.3, -0.25) is 9.78 Å². The van der Waals surface area contributed by atoms with E-state index in [1.54, 1.807) is 29.8 Å². The van der Waals surface area contributed by atoms with Crippen LogP contribution in [-0.2, 0) is 17.1 Å². The van der Waals surface area contributed by atoms with E-state index >= 15 is 0 Å². The van der Waals surface area contributed by atoms with Gasteiger partial charge in [0.1, 0.15) is 0 Å². The number of carbonyl (C=O) groups excluding carboxylic acids is 1. The van der Waals surface area contributed by atoms with Gasteiger partial charge in [-0.25, -0.2) is 13.4 Å². The van der Waals surface area contributed by atoms with Crippen LogP contribution in [0.25, 0.3) is 11.3 Å². The summed E-state index contributed by atoms with van der Waals surface area (Å²) in [4.78, 5) is 20.3. The number of rotatable bonds is 5. The molecule has 1 aliphatic heterocycles. The Kier molecular flexibility index (Phi) is 5.40. The SMILES string of the molecule is Cn1cnc(S(=O)(=O)N2CCCC(c3cccc(-c4cccc(C(N)=O)c4)n3)C2)c1. The van der Waals surface area contributed by atoms with E-state index in [4.69, 9.17) is 10.7 Å². The van der Waals surface area contributed by atoms with Gasteiger partial charge < -0.3 is 10.3 Å². The van der Waals surface area contributed by atoms with Crippen LogP contribution in [0.15, 0.2) is 60.0 Å². The Morgan fingerprint density at radius 3 is 2.73 bits per heavy atom. The Morgan fingerprint density at radius 2 is 2.00 bits per heavy atom. The van der Waals surface area contributed by atoms with Gasteiger partial charge >= 0.3 is 0 Å². The number of nitrogens with zero attached hydrogens (tertiary/aromatic N) is 4. The first-order valence-corrected chi connectivity index (χ1v) is 11.1. The number of hydrogen-bond acceptors (Lipinski definition) is 5. The number of carbonyl (C=O) groups is 1. The van der Waals surface area contributed by atoms with Gasteiger partial charge in [-0.1, -0.05) is 18.2 Å². The highest BCUT2D eigenvalue weighted by Crippen LogP contribution is 2.30. The fraction of sp³-hybridized carbons (Fsp3) is 0.286. The molecule has 2 N–H and O–H groups in total. The Morgan fingerprint density at radius 1 is 1.20 bits per heavy atom. The van der Waals surface area contributed by atoms with E-state index in [1.807, 2.05) is 24.3 Å². The maximum atomic E-state index is 13.0.